The van der Waals surface area contributed by atoms with Gasteiger partial charge in [0.2, 0.25) is 6.29 Å². The van der Waals surface area contributed by atoms with Crippen LogP contribution in [0.3, 0.4) is 0 Å². The summed E-state index contributed by atoms with van der Waals surface area (Å²) in [6, 6.07) is 18.4. The van der Waals surface area contributed by atoms with E-state index >= 15 is 0 Å². The van der Waals surface area contributed by atoms with E-state index in [2.05, 4.69) is 31.2 Å². The topological polar surface area (TPSA) is 35.5 Å². The summed E-state index contributed by atoms with van der Waals surface area (Å²) in [5.74, 6) is 0.478. The van der Waals surface area contributed by atoms with Gasteiger partial charge >= 0.3 is 5.97 Å². The number of hydrogen-bond donors (Lipinski definition) is 0. The van der Waals surface area contributed by atoms with Crippen LogP contribution in [0.5, 0.6) is 5.75 Å². The highest BCUT2D eigenvalue weighted by atomic mass is 16.7. The van der Waals surface area contributed by atoms with E-state index in [9.17, 15) is 4.79 Å². The molecule has 0 aliphatic carbocycles. The van der Waals surface area contributed by atoms with Gasteiger partial charge < -0.3 is 14.0 Å². The molecule has 0 aliphatic heterocycles. The highest BCUT2D eigenvalue weighted by molar-refractivity contribution is 5.70. The third kappa shape index (κ3) is 13.4. The average Bonchev–Trinajstić information content (AvgIpc) is 2.81. The number of aryl methyl sites for hydroxylation is 1. The molecule has 1 atom stereocenters. The fraction of sp³-hybridized carbons (Fsp3) is 0.581. The molecule has 0 N–H and O–H groups in total. The second kappa shape index (κ2) is 16.4. The van der Waals surface area contributed by atoms with Gasteiger partial charge in [0.25, 0.3) is 0 Å². The van der Waals surface area contributed by atoms with Crippen LogP contribution in [0.4, 0.5) is 0 Å². The van der Waals surface area contributed by atoms with Crippen molar-refractivity contribution in [2.45, 2.75) is 97.3 Å². The number of rotatable bonds is 18. The lowest BCUT2D eigenvalue weighted by Gasteiger charge is -2.29. The predicted octanol–water partition coefficient (Wildman–Crippen LogP) is 7.69. The zero-order chi connectivity index (χ0) is 25.4. The van der Waals surface area contributed by atoms with Crippen molar-refractivity contribution in [2.24, 2.45) is 0 Å². The molecule has 0 amide bonds. The van der Waals surface area contributed by atoms with Crippen molar-refractivity contribution in [1.82, 2.24) is 0 Å². The molecule has 2 aromatic carbocycles. The van der Waals surface area contributed by atoms with E-state index in [1.54, 1.807) is 6.92 Å². The van der Waals surface area contributed by atoms with Crippen molar-refractivity contribution in [3.8, 4) is 5.75 Å². The summed E-state index contributed by atoms with van der Waals surface area (Å²) in [5.41, 5.74) is 2.54. The van der Waals surface area contributed by atoms with Crippen molar-refractivity contribution in [1.29, 1.82) is 0 Å². The van der Waals surface area contributed by atoms with Crippen LogP contribution in [0.2, 0.25) is 0 Å². The number of carbonyl (C=O) groups excluding carboxylic acids is 1. The number of quaternary nitrogens is 1. The smallest absolute Gasteiger partial charge is 0.364 e. The average molecular weight is 483 g/mol. The van der Waals surface area contributed by atoms with E-state index in [0.717, 1.165) is 18.7 Å². The van der Waals surface area contributed by atoms with Crippen LogP contribution in [0.1, 0.15) is 89.2 Å². The van der Waals surface area contributed by atoms with E-state index in [1.165, 1.54) is 75.3 Å². The van der Waals surface area contributed by atoms with Crippen LogP contribution in [0.25, 0.3) is 0 Å². The molecule has 0 aliphatic rings. The van der Waals surface area contributed by atoms with Crippen molar-refractivity contribution < 1.29 is 18.8 Å². The number of unbranched alkanes of at least 4 members (excludes halogenated alkanes) is 9. The highest BCUT2D eigenvalue weighted by Gasteiger charge is 2.23. The molecule has 0 spiro atoms. The summed E-state index contributed by atoms with van der Waals surface area (Å²) in [7, 11) is 4.07. The van der Waals surface area contributed by atoms with Gasteiger partial charge in [-0.05, 0) is 30.5 Å². The summed E-state index contributed by atoms with van der Waals surface area (Å²) in [6.45, 7) is 5.10. The lowest BCUT2D eigenvalue weighted by atomic mass is 10.0. The van der Waals surface area contributed by atoms with Crippen LogP contribution in [0, 0.1) is 0 Å². The van der Waals surface area contributed by atoms with Crippen molar-refractivity contribution >= 4 is 5.97 Å². The van der Waals surface area contributed by atoms with E-state index in [0.29, 0.717) is 11.0 Å². The number of nitrogens with zero attached hydrogens (tertiary/aromatic N) is 1. The van der Waals surface area contributed by atoms with Gasteiger partial charge in [0.1, 0.15) is 12.3 Å². The Morgan fingerprint density at radius 1 is 0.771 bits per heavy atom. The van der Waals surface area contributed by atoms with Gasteiger partial charge in [0.05, 0.1) is 14.1 Å². The Balaban J connectivity index is 1.60. The Hall–Kier alpha value is -2.33. The normalized spacial score (nSPS) is 12.3. The van der Waals surface area contributed by atoms with E-state index in [4.69, 9.17) is 9.47 Å². The molecule has 4 nitrogen and oxygen atoms in total. The standard InChI is InChI=1S/C31H48NO3/c1-5-6-7-8-9-10-11-12-13-15-18-28-21-23-30(24-22-28)34-27(2)35-31(33)26-32(3,4)25-29-19-16-14-17-20-29/h14,16-17,19-24,27H,5-13,15,18,25-26H2,1-4H3/q+1. The second-order valence-corrected chi connectivity index (χ2v) is 10.5. The Kier molecular flexibility index (Phi) is 13.5. The minimum Gasteiger partial charge on any atom is -0.455 e. The molecule has 194 valence electrons. The predicted molar refractivity (Wildman–Crippen MR) is 145 cm³/mol. The molecule has 35 heavy (non-hydrogen) atoms. The first-order valence-corrected chi connectivity index (χ1v) is 13.7. The molecule has 4 heteroatoms. The third-order valence-corrected chi connectivity index (χ3v) is 6.35. The molecule has 1 unspecified atom stereocenters. The Labute approximate surface area is 214 Å². The number of hydrogen-bond acceptors (Lipinski definition) is 3. The van der Waals surface area contributed by atoms with Crippen LogP contribution in [0.15, 0.2) is 54.6 Å². The molecule has 0 aromatic heterocycles. The quantitative estimate of drug-likeness (QED) is 0.0945. The first-order valence-electron chi connectivity index (χ1n) is 13.7. The first-order chi connectivity index (χ1) is 16.9. The molecular formula is C31H48NO3+. The molecule has 2 aromatic rings. The summed E-state index contributed by atoms with van der Waals surface area (Å²) in [6.07, 6.45) is 14.1. The van der Waals surface area contributed by atoms with Gasteiger partial charge in [-0.15, -0.1) is 0 Å². The number of esters is 1. The maximum atomic E-state index is 12.5. The Morgan fingerprint density at radius 3 is 1.94 bits per heavy atom. The number of carbonyl (C=O) groups is 1. The van der Waals surface area contributed by atoms with Gasteiger partial charge in [-0.3, -0.25) is 0 Å². The minimum atomic E-state index is -0.618. The fourth-order valence-electron chi connectivity index (χ4n) is 4.47. The van der Waals surface area contributed by atoms with E-state index < -0.39 is 6.29 Å². The van der Waals surface area contributed by atoms with Gasteiger partial charge in [-0.2, -0.15) is 0 Å². The maximum absolute atomic E-state index is 12.5. The van der Waals surface area contributed by atoms with Gasteiger partial charge in [0.15, 0.2) is 6.54 Å². The lowest BCUT2D eigenvalue weighted by Crippen LogP contribution is -2.44. The first kappa shape index (κ1) is 28.9. The summed E-state index contributed by atoms with van der Waals surface area (Å²) >= 11 is 0. The highest BCUT2D eigenvalue weighted by Crippen LogP contribution is 2.17. The van der Waals surface area contributed by atoms with Crippen LogP contribution in [-0.4, -0.2) is 37.4 Å². The maximum Gasteiger partial charge on any atom is 0.364 e. The Morgan fingerprint density at radius 2 is 1.34 bits per heavy atom. The third-order valence-electron chi connectivity index (χ3n) is 6.35. The van der Waals surface area contributed by atoms with Gasteiger partial charge in [-0.1, -0.05) is 107 Å². The Bertz CT molecular complexity index is 817. The lowest BCUT2D eigenvalue weighted by molar-refractivity contribution is -0.896. The minimum absolute atomic E-state index is 0.254. The molecule has 0 saturated carbocycles. The zero-order valence-corrected chi connectivity index (χ0v) is 22.6. The van der Waals surface area contributed by atoms with E-state index in [-0.39, 0.29) is 5.97 Å². The van der Waals surface area contributed by atoms with Crippen molar-refractivity contribution in [2.75, 3.05) is 20.6 Å². The molecule has 0 fully saturated rings. The largest absolute Gasteiger partial charge is 0.455 e. The molecular weight excluding hydrogens is 434 g/mol. The molecule has 0 saturated heterocycles. The number of likely N-dealkylation sites (N-methyl/N-ethyl adjacent to an activating group) is 1. The van der Waals surface area contributed by atoms with Crippen molar-refractivity contribution in [3.63, 3.8) is 0 Å². The number of ether oxygens (including phenoxy) is 2. The summed E-state index contributed by atoms with van der Waals surface area (Å²) in [5, 5.41) is 0. The molecule has 2 rings (SSSR count). The van der Waals surface area contributed by atoms with Gasteiger partial charge in [0, 0.05) is 12.5 Å². The summed E-state index contributed by atoms with van der Waals surface area (Å²) in [4.78, 5) is 12.5. The van der Waals surface area contributed by atoms with E-state index in [1.807, 2.05) is 44.4 Å². The zero-order valence-electron chi connectivity index (χ0n) is 22.6. The SMILES string of the molecule is CCCCCCCCCCCCc1ccc(OC(C)OC(=O)C[N+](C)(C)Cc2ccccc2)cc1. The molecule has 0 heterocycles. The fourth-order valence-corrected chi connectivity index (χ4v) is 4.47. The van der Waals surface area contributed by atoms with Crippen LogP contribution >= 0.6 is 0 Å². The van der Waals surface area contributed by atoms with Gasteiger partial charge in [-0.25, -0.2) is 4.79 Å². The molecule has 0 bridgehead atoms. The van der Waals surface area contributed by atoms with Crippen LogP contribution in [-0.2, 0) is 22.5 Å². The monoisotopic (exact) mass is 482 g/mol. The van der Waals surface area contributed by atoms with Crippen LogP contribution < -0.4 is 4.74 Å². The van der Waals surface area contributed by atoms with Crippen molar-refractivity contribution in [3.05, 3.63) is 65.7 Å². The number of benzene rings is 2. The molecule has 0 radical (unpaired) electrons. The second-order valence-electron chi connectivity index (χ2n) is 10.5. The summed E-state index contributed by atoms with van der Waals surface area (Å²) < 4.78 is 11.9.